The van der Waals surface area contributed by atoms with Gasteiger partial charge in [0.25, 0.3) is 5.91 Å². The number of hydrogen-bond donors (Lipinski definition) is 1. The highest BCUT2D eigenvalue weighted by Gasteiger charge is 2.18. The van der Waals surface area contributed by atoms with Crippen LogP contribution in [0, 0.1) is 13.8 Å². The van der Waals surface area contributed by atoms with Gasteiger partial charge in [0.2, 0.25) is 5.43 Å². The van der Waals surface area contributed by atoms with Crippen LogP contribution in [0.15, 0.2) is 59.4 Å². The lowest BCUT2D eigenvalue weighted by molar-refractivity contribution is 0.101. The van der Waals surface area contributed by atoms with Gasteiger partial charge in [-0.1, -0.05) is 11.6 Å². The number of carbonyl (C=O) groups is 1. The van der Waals surface area contributed by atoms with E-state index < -0.39 is 11.3 Å². The van der Waals surface area contributed by atoms with Crippen LogP contribution in [-0.2, 0) is 0 Å². The molecule has 1 amide bonds. The molecule has 2 aromatic heterocycles. The maximum absolute atomic E-state index is 12.9. The maximum atomic E-state index is 12.9. The summed E-state index contributed by atoms with van der Waals surface area (Å²) in [6, 6.07) is 15.8. The second kappa shape index (κ2) is 8.94. The van der Waals surface area contributed by atoms with Gasteiger partial charge in [-0.05, 0) is 62.4 Å². The average molecular weight is 467 g/mol. The van der Waals surface area contributed by atoms with E-state index in [-0.39, 0.29) is 5.69 Å². The van der Waals surface area contributed by atoms with Gasteiger partial charge in [-0.25, -0.2) is 9.67 Å². The number of nitrogens with one attached hydrogen (secondary N) is 1. The Kier molecular flexibility index (Phi) is 6.07. The predicted octanol–water partition coefficient (Wildman–Crippen LogP) is 4.89. The van der Waals surface area contributed by atoms with Crippen LogP contribution in [0.5, 0.6) is 5.75 Å². The number of aryl methyl sites for hydroxylation is 2. The Labute approximate surface area is 193 Å². The highest BCUT2D eigenvalue weighted by atomic mass is 35.5. The SMILES string of the molecule is COc1ccc(-c2nc(NC(=O)c3nn(-c4ccc(Cl)cc4)c(C)cc3=O)sc2C)cc1. The van der Waals surface area contributed by atoms with Gasteiger partial charge >= 0.3 is 0 Å². The molecule has 7 nitrogen and oxygen atoms in total. The summed E-state index contributed by atoms with van der Waals surface area (Å²) in [5.41, 5.74) is 2.26. The second-order valence-electron chi connectivity index (χ2n) is 6.99. The van der Waals surface area contributed by atoms with E-state index in [4.69, 9.17) is 16.3 Å². The van der Waals surface area contributed by atoms with Gasteiger partial charge in [0.1, 0.15) is 5.75 Å². The smallest absolute Gasteiger partial charge is 0.281 e. The summed E-state index contributed by atoms with van der Waals surface area (Å²) in [7, 11) is 1.61. The van der Waals surface area contributed by atoms with Crippen LogP contribution in [0.2, 0.25) is 5.02 Å². The summed E-state index contributed by atoms with van der Waals surface area (Å²) in [4.78, 5) is 30.8. The minimum Gasteiger partial charge on any atom is -0.497 e. The third-order valence-corrected chi connectivity index (χ3v) is 5.91. The number of aromatic nitrogens is 3. The van der Waals surface area contributed by atoms with Crippen molar-refractivity contribution < 1.29 is 9.53 Å². The van der Waals surface area contributed by atoms with Crippen molar-refractivity contribution in [3.63, 3.8) is 0 Å². The van der Waals surface area contributed by atoms with E-state index in [9.17, 15) is 9.59 Å². The van der Waals surface area contributed by atoms with E-state index in [1.807, 2.05) is 31.2 Å². The van der Waals surface area contributed by atoms with Crippen molar-refractivity contribution in [2.24, 2.45) is 0 Å². The molecule has 0 aliphatic carbocycles. The monoisotopic (exact) mass is 466 g/mol. The maximum Gasteiger partial charge on any atom is 0.281 e. The quantitative estimate of drug-likeness (QED) is 0.452. The van der Waals surface area contributed by atoms with Gasteiger partial charge in [-0.2, -0.15) is 5.10 Å². The summed E-state index contributed by atoms with van der Waals surface area (Å²) in [5.74, 6) is 0.130. The highest BCUT2D eigenvalue weighted by molar-refractivity contribution is 7.16. The van der Waals surface area contributed by atoms with E-state index >= 15 is 0 Å². The van der Waals surface area contributed by atoms with Gasteiger partial charge in [-0.15, -0.1) is 11.3 Å². The number of thiazole rings is 1. The lowest BCUT2D eigenvalue weighted by atomic mass is 10.1. The molecule has 0 aliphatic rings. The molecule has 0 saturated carbocycles. The van der Waals surface area contributed by atoms with E-state index in [1.54, 1.807) is 38.3 Å². The van der Waals surface area contributed by atoms with Crippen LogP contribution in [-0.4, -0.2) is 27.8 Å². The van der Waals surface area contributed by atoms with Crippen molar-refractivity contribution in [3.05, 3.63) is 86.1 Å². The van der Waals surface area contributed by atoms with E-state index in [1.165, 1.54) is 22.1 Å². The molecule has 0 fully saturated rings. The van der Waals surface area contributed by atoms with Crippen LogP contribution < -0.4 is 15.5 Å². The first kappa shape index (κ1) is 21.7. The Morgan fingerprint density at radius 3 is 2.44 bits per heavy atom. The molecule has 4 aromatic rings. The Morgan fingerprint density at radius 2 is 1.78 bits per heavy atom. The van der Waals surface area contributed by atoms with Crippen molar-refractivity contribution in [1.29, 1.82) is 0 Å². The average Bonchev–Trinajstić information content (AvgIpc) is 3.14. The van der Waals surface area contributed by atoms with Crippen molar-refractivity contribution >= 4 is 34.0 Å². The molecule has 0 spiro atoms. The summed E-state index contributed by atoms with van der Waals surface area (Å²) in [6.45, 7) is 3.67. The largest absolute Gasteiger partial charge is 0.497 e. The fourth-order valence-electron chi connectivity index (χ4n) is 3.17. The normalized spacial score (nSPS) is 10.8. The van der Waals surface area contributed by atoms with Gasteiger partial charge in [0.05, 0.1) is 18.5 Å². The zero-order valence-electron chi connectivity index (χ0n) is 17.5. The lowest BCUT2D eigenvalue weighted by Gasteiger charge is -2.11. The number of nitrogens with zero attached hydrogens (tertiary/aromatic N) is 3. The molecule has 0 aliphatic heterocycles. The lowest BCUT2D eigenvalue weighted by Crippen LogP contribution is -2.26. The number of halogens is 1. The topological polar surface area (TPSA) is 86.1 Å². The van der Waals surface area contributed by atoms with Crippen LogP contribution in [0.25, 0.3) is 16.9 Å². The first-order valence-corrected chi connectivity index (χ1v) is 10.9. The van der Waals surface area contributed by atoms with Crippen molar-refractivity contribution in [1.82, 2.24) is 14.8 Å². The summed E-state index contributed by atoms with van der Waals surface area (Å²) in [5, 5.41) is 7.96. The Morgan fingerprint density at radius 1 is 1.09 bits per heavy atom. The van der Waals surface area contributed by atoms with Crippen molar-refractivity contribution in [2.75, 3.05) is 12.4 Å². The molecule has 4 rings (SSSR count). The molecule has 162 valence electrons. The fraction of sp³-hybridized carbons (Fsp3) is 0.130. The second-order valence-corrected chi connectivity index (χ2v) is 8.63. The molecular weight excluding hydrogens is 448 g/mol. The first-order chi connectivity index (χ1) is 15.4. The summed E-state index contributed by atoms with van der Waals surface area (Å²) in [6.07, 6.45) is 0. The van der Waals surface area contributed by atoms with E-state index in [0.717, 1.165) is 21.9 Å². The van der Waals surface area contributed by atoms with E-state index in [2.05, 4.69) is 15.4 Å². The number of ether oxygens (including phenoxy) is 1. The van der Waals surface area contributed by atoms with E-state index in [0.29, 0.717) is 21.5 Å². The molecule has 9 heteroatoms. The van der Waals surface area contributed by atoms with Gasteiger partial charge in [-0.3, -0.25) is 14.9 Å². The summed E-state index contributed by atoms with van der Waals surface area (Å²) >= 11 is 7.28. The number of methoxy groups -OCH3 is 1. The predicted molar refractivity (Wildman–Crippen MR) is 126 cm³/mol. The molecular formula is C23H19ClN4O3S. The molecule has 1 N–H and O–H groups in total. The molecule has 0 bridgehead atoms. The third kappa shape index (κ3) is 4.42. The fourth-order valence-corrected chi connectivity index (χ4v) is 4.13. The van der Waals surface area contributed by atoms with Gasteiger partial charge in [0, 0.05) is 27.2 Å². The standard InChI is InChI=1S/C23H19ClN4O3S/c1-13-12-19(29)21(27-28(13)17-8-6-16(24)7-9-17)22(30)26-23-25-20(14(2)32-23)15-4-10-18(31-3)11-5-15/h4-12H,1-3H3,(H,25,26,30). The van der Waals surface area contributed by atoms with Crippen LogP contribution in [0.3, 0.4) is 0 Å². The Balaban J connectivity index is 1.62. The molecule has 32 heavy (non-hydrogen) atoms. The number of anilines is 1. The minimum atomic E-state index is -0.618. The Bertz CT molecular complexity index is 1350. The third-order valence-electron chi connectivity index (χ3n) is 4.77. The number of amides is 1. The highest BCUT2D eigenvalue weighted by Crippen LogP contribution is 2.31. The van der Waals surface area contributed by atoms with Crippen LogP contribution in [0.1, 0.15) is 21.1 Å². The first-order valence-electron chi connectivity index (χ1n) is 9.66. The van der Waals surface area contributed by atoms with Gasteiger partial charge < -0.3 is 4.74 Å². The molecule has 2 aromatic carbocycles. The number of carbonyl (C=O) groups excluding carboxylic acids is 1. The van der Waals surface area contributed by atoms with Crippen molar-refractivity contribution in [2.45, 2.75) is 13.8 Å². The zero-order chi connectivity index (χ0) is 22.8. The number of hydrogen-bond acceptors (Lipinski definition) is 6. The van der Waals surface area contributed by atoms with Gasteiger partial charge in [0.15, 0.2) is 10.8 Å². The molecule has 0 radical (unpaired) electrons. The molecule has 0 atom stereocenters. The molecule has 0 unspecified atom stereocenters. The number of rotatable bonds is 5. The number of benzene rings is 2. The van der Waals surface area contributed by atoms with Crippen LogP contribution in [0.4, 0.5) is 5.13 Å². The minimum absolute atomic E-state index is 0.218. The summed E-state index contributed by atoms with van der Waals surface area (Å²) < 4.78 is 6.72. The molecule has 0 saturated heterocycles. The molecule has 2 heterocycles. The van der Waals surface area contributed by atoms with Crippen molar-refractivity contribution in [3.8, 4) is 22.7 Å². The Hall–Kier alpha value is -3.49. The van der Waals surface area contributed by atoms with Crippen LogP contribution >= 0.6 is 22.9 Å². The zero-order valence-corrected chi connectivity index (χ0v) is 19.1.